The van der Waals surface area contributed by atoms with E-state index in [9.17, 15) is 0 Å². The Kier molecular flexibility index (Phi) is 3.97. The number of rotatable bonds is 4. The van der Waals surface area contributed by atoms with Crippen LogP contribution in [0.15, 0.2) is 18.3 Å². The molecule has 0 amide bonds. The van der Waals surface area contributed by atoms with Crippen LogP contribution in [-0.4, -0.2) is 48.5 Å². The Morgan fingerprint density at radius 3 is 3.06 bits per heavy atom. The molecule has 1 aliphatic rings. The molecule has 2 heterocycles. The molecule has 1 fully saturated rings. The van der Waals surface area contributed by atoms with E-state index in [1.807, 2.05) is 12.1 Å². The van der Waals surface area contributed by atoms with Crippen molar-refractivity contribution in [1.82, 2.24) is 14.8 Å². The van der Waals surface area contributed by atoms with E-state index in [0.717, 1.165) is 30.4 Å². The minimum absolute atomic E-state index is 0.795. The van der Waals surface area contributed by atoms with Crippen LogP contribution in [0.3, 0.4) is 0 Å². The third-order valence-electron chi connectivity index (χ3n) is 3.33. The third-order valence-corrected chi connectivity index (χ3v) is 3.33. The van der Waals surface area contributed by atoms with Gasteiger partial charge in [0.1, 0.15) is 0 Å². The second-order valence-electron chi connectivity index (χ2n) is 5.19. The van der Waals surface area contributed by atoms with Gasteiger partial charge in [0.2, 0.25) is 0 Å². The number of nitrogen functional groups attached to an aromatic ring is 1. The molecule has 94 valence electrons. The molecule has 17 heavy (non-hydrogen) atoms. The first-order chi connectivity index (χ1) is 8.13. The standard InChI is InChI=1S/C13H22N4/c1-16-6-4-11(8-16)9-17(2)10-13-7-12(14)3-5-15-13/h3,5,7,11H,4,6,8-10H2,1-2H3,(H2,14,15). The maximum Gasteiger partial charge on any atom is 0.0564 e. The van der Waals surface area contributed by atoms with Gasteiger partial charge in [0, 0.05) is 31.5 Å². The van der Waals surface area contributed by atoms with Crippen LogP contribution >= 0.6 is 0 Å². The summed E-state index contributed by atoms with van der Waals surface area (Å²) in [6, 6.07) is 3.78. The van der Waals surface area contributed by atoms with Gasteiger partial charge in [-0.2, -0.15) is 0 Å². The van der Waals surface area contributed by atoms with Gasteiger partial charge in [-0.3, -0.25) is 4.98 Å². The highest BCUT2D eigenvalue weighted by atomic mass is 15.1. The van der Waals surface area contributed by atoms with E-state index in [4.69, 9.17) is 5.73 Å². The van der Waals surface area contributed by atoms with Crippen LogP contribution in [0.2, 0.25) is 0 Å². The van der Waals surface area contributed by atoms with Gasteiger partial charge in [-0.1, -0.05) is 0 Å². The molecule has 1 aromatic heterocycles. The first-order valence-electron chi connectivity index (χ1n) is 6.21. The maximum atomic E-state index is 5.75. The van der Waals surface area contributed by atoms with Crippen molar-refractivity contribution in [3.05, 3.63) is 24.0 Å². The second-order valence-corrected chi connectivity index (χ2v) is 5.19. The lowest BCUT2D eigenvalue weighted by Gasteiger charge is -2.20. The molecule has 1 aliphatic heterocycles. The van der Waals surface area contributed by atoms with Crippen molar-refractivity contribution in [2.24, 2.45) is 5.92 Å². The lowest BCUT2D eigenvalue weighted by molar-refractivity contribution is 0.265. The van der Waals surface area contributed by atoms with Crippen LogP contribution < -0.4 is 5.73 Å². The number of pyridine rings is 1. The summed E-state index contributed by atoms with van der Waals surface area (Å²) in [7, 11) is 4.35. The molecule has 0 aromatic carbocycles. The maximum absolute atomic E-state index is 5.75. The Morgan fingerprint density at radius 2 is 2.41 bits per heavy atom. The summed E-state index contributed by atoms with van der Waals surface area (Å²) in [4.78, 5) is 9.08. The van der Waals surface area contributed by atoms with Gasteiger partial charge < -0.3 is 15.5 Å². The minimum Gasteiger partial charge on any atom is -0.399 e. The Morgan fingerprint density at radius 1 is 1.59 bits per heavy atom. The molecule has 0 bridgehead atoms. The molecule has 2 N–H and O–H groups in total. The van der Waals surface area contributed by atoms with Crippen molar-refractivity contribution in [2.75, 3.05) is 39.5 Å². The number of anilines is 1. The van der Waals surface area contributed by atoms with E-state index in [-0.39, 0.29) is 0 Å². The normalized spacial score (nSPS) is 21.2. The van der Waals surface area contributed by atoms with Crippen molar-refractivity contribution in [1.29, 1.82) is 0 Å². The summed E-state index contributed by atoms with van der Waals surface area (Å²) < 4.78 is 0. The van der Waals surface area contributed by atoms with Crippen molar-refractivity contribution in [3.63, 3.8) is 0 Å². The van der Waals surface area contributed by atoms with Crippen LogP contribution in [0.1, 0.15) is 12.1 Å². The molecule has 1 saturated heterocycles. The fraction of sp³-hybridized carbons (Fsp3) is 0.615. The molecule has 0 spiro atoms. The molecule has 1 aromatic rings. The Labute approximate surface area is 103 Å². The van der Waals surface area contributed by atoms with Crippen LogP contribution in [0.5, 0.6) is 0 Å². The molecule has 1 unspecified atom stereocenters. The molecule has 4 heteroatoms. The van der Waals surface area contributed by atoms with Crippen LogP contribution in [0.4, 0.5) is 5.69 Å². The molecule has 0 radical (unpaired) electrons. The minimum atomic E-state index is 0.795. The SMILES string of the molecule is CN1CCC(CN(C)Cc2cc(N)ccn2)C1. The van der Waals surface area contributed by atoms with E-state index in [1.165, 1.54) is 19.5 Å². The molecule has 1 atom stereocenters. The molecular formula is C13H22N4. The van der Waals surface area contributed by atoms with Gasteiger partial charge in [-0.05, 0) is 45.1 Å². The molecule has 0 aliphatic carbocycles. The van der Waals surface area contributed by atoms with E-state index >= 15 is 0 Å². The number of nitrogens with two attached hydrogens (primary N) is 1. The number of nitrogens with zero attached hydrogens (tertiary/aromatic N) is 3. The smallest absolute Gasteiger partial charge is 0.0564 e. The largest absolute Gasteiger partial charge is 0.399 e. The van der Waals surface area contributed by atoms with Gasteiger partial charge in [-0.15, -0.1) is 0 Å². The van der Waals surface area contributed by atoms with E-state index in [1.54, 1.807) is 6.20 Å². The second kappa shape index (κ2) is 5.47. The van der Waals surface area contributed by atoms with E-state index < -0.39 is 0 Å². The Bertz CT molecular complexity index is 366. The number of aromatic nitrogens is 1. The zero-order valence-corrected chi connectivity index (χ0v) is 10.8. The van der Waals surface area contributed by atoms with Gasteiger partial charge in [0.05, 0.1) is 5.69 Å². The van der Waals surface area contributed by atoms with Crippen molar-refractivity contribution < 1.29 is 0 Å². The predicted octanol–water partition coefficient (Wildman–Crippen LogP) is 1.05. The van der Waals surface area contributed by atoms with Crippen LogP contribution in [0.25, 0.3) is 0 Å². The monoisotopic (exact) mass is 234 g/mol. The lowest BCUT2D eigenvalue weighted by Crippen LogP contribution is -2.27. The van der Waals surface area contributed by atoms with Crippen molar-refractivity contribution in [3.8, 4) is 0 Å². The van der Waals surface area contributed by atoms with Gasteiger partial charge in [0.15, 0.2) is 0 Å². The predicted molar refractivity (Wildman–Crippen MR) is 70.6 cm³/mol. The summed E-state index contributed by atoms with van der Waals surface area (Å²) in [5.74, 6) is 0.797. The Hall–Kier alpha value is -1.13. The number of likely N-dealkylation sites (tertiary alicyclic amines) is 1. The zero-order valence-electron chi connectivity index (χ0n) is 10.8. The fourth-order valence-corrected chi connectivity index (χ4v) is 2.54. The summed E-state index contributed by atoms with van der Waals surface area (Å²) in [6.07, 6.45) is 3.09. The number of hydrogen-bond acceptors (Lipinski definition) is 4. The Balaban J connectivity index is 1.83. The average molecular weight is 234 g/mol. The van der Waals surface area contributed by atoms with E-state index in [0.29, 0.717) is 0 Å². The van der Waals surface area contributed by atoms with Crippen LogP contribution in [0, 0.1) is 5.92 Å². The van der Waals surface area contributed by atoms with Crippen molar-refractivity contribution in [2.45, 2.75) is 13.0 Å². The quantitative estimate of drug-likeness (QED) is 0.846. The molecular weight excluding hydrogens is 212 g/mol. The molecule has 4 nitrogen and oxygen atoms in total. The topological polar surface area (TPSA) is 45.4 Å². The lowest BCUT2D eigenvalue weighted by atomic mass is 10.1. The molecule has 0 saturated carbocycles. The van der Waals surface area contributed by atoms with Gasteiger partial charge >= 0.3 is 0 Å². The van der Waals surface area contributed by atoms with Crippen molar-refractivity contribution >= 4 is 5.69 Å². The molecule has 2 rings (SSSR count). The summed E-state index contributed by atoms with van der Waals surface area (Å²) in [5, 5.41) is 0. The highest BCUT2D eigenvalue weighted by Gasteiger charge is 2.20. The summed E-state index contributed by atoms with van der Waals surface area (Å²) in [5.41, 5.74) is 7.60. The van der Waals surface area contributed by atoms with E-state index in [2.05, 4.69) is 28.9 Å². The third kappa shape index (κ3) is 3.68. The average Bonchev–Trinajstić information content (AvgIpc) is 2.63. The summed E-state index contributed by atoms with van der Waals surface area (Å²) in [6.45, 7) is 4.47. The zero-order chi connectivity index (χ0) is 12.3. The number of hydrogen-bond donors (Lipinski definition) is 1. The van der Waals surface area contributed by atoms with Gasteiger partial charge in [0.25, 0.3) is 0 Å². The van der Waals surface area contributed by atoms with Gasteiger partial charge in [-0.25, -0.2) is 0 Å². The first kappa shape index (κ1) is 12.3. The summed E-state index contributed by atoms with van der Waals surface area (Å²) >= 11 is 0. The highest BCUT2D eigenvalue weighted by Crippen LogP contribution is 2.16. The van der Waals surface area contributed by atoms with Crippen LogP contribution in [-0.2, 0) is 6.54 Å². The fourth-order valence-electron chi connectivity index (χ4n) is 2.54. The highest BCUT2D eigenvalue weighted by molar-refractivity contribution is 5.37. The first-order valence-corrected chi connectivity index (χ1v) is 6.21.